The molecule has 0 saturated carbocycles. The lowest BCUT2D eigenvalue weighted by atomic mass is 9.79. The van der Waals surface area contributed by atoms with E-state index < -0.39 is 0 Å². The van der Waals surface area contributed by atoms with Crippen LogP contribution in [-0.2, 0) is 0 Å². The van der Waals surface area contributed by atoms with Gasteiger partial charge in [0.2, 0.25) is 0 Å². The van der Waals surface area contributed by atoms with Crippen LogP contribution >= 0.6 is 0 Å². The average Bonchev–Trinajstić information content (AvgIpc) is 2.68. The van der Waals surface area contributed by atoms with Gasteiger partial charge in [-0.2, -0.15) is 0 Å². The molecule has 0 bridgehead atoms. The Hall–Kier alpha value is -2.49. The highest BCUT2D eigenvalue weighted by molar-refractivity contribution is 5.88. The van der Waals surface area contributed by atoms with Crippen LogP contribution < -0.4 is 14.4 Å². The first-order valence-electron chi connectivity index (χ1n) is 10.1. The van der Waals surface area contributed by atoms with E-state index in [0.717, 1.165) is 42.1 Å². The van der Waals surface area contributed by atoms with Crippen LogP contribution in [0.4, 0.5) is 11.4 Å². The highest BCUT2D eigenvalue weighted by atomic mass is 16.5. The minimum Gasteiger partial charge on any atom is -0.496 e. The molecule has 0 fully saturated rings. The van der Waals surface area contributed by atoms with Crippen LogP contribution in [0, 0.1) is 0 Å². The van der Waals surface area contributed by atoms with Crippen LogP contribution in [0.5, 0.6) is 11.5 Å². The molecule has 1 heterocycles. The summed E-state index contributed by atoms with van der Waals surface area (Å²) in [5, 5.41) is 0. The maximum absolute atomic E-state index is 5.74. The summed E-state index contributed by atoms with van der Waals surface area (Å²) in [5.41, 5.74) is 4.61. The van der Waals surface area contributed by atoms with Gasteiger partial charge < -0.3 is 14.4 Å². The Balaban J connectivity index is 2.05. The number of fused-ring (bicyclic) bond motifs is 1. The van der Waals surface area contributed by atoms with Gasteiger partial charge in [-0.05, 0) is 56.4 Å². The molecule has 0 amide bonds. The largest absolute Gasteiger partial charge is 0.496 e. The first-order valence-corrected chi connectivity index (χ1v) is 10.1. The van der Waals surface area contributed by atoms with E-state index in [9.17, 15) is 0 Å². The molecule has 4 nitrogen and oxygen atoms in total. The normalized spacial score (nSPS) is 18.2. The van der Waals surface area contributed by atoms with Crippen LogP contribution in [0.15, 0.2) is 41.4 Å². The molecule has 3 rings (SSSR count). The van der Waals surface area contributed by atoms with Gasteiger partial charge in [0.25, 0.3) is 0 Å². The van der Waals surface area contributed by atoms with Crippen molar-refractivity contribution in [2.75, 3.05) is 25.7 Å². The van der Waals surface area contributed by atoms with Gasteiger partial charge in [0.15, 0.2) is 0 Å². The number of anilines is 1. The lowest BCUT2D eigenvalue weighted by Crippen LogP contribution is -2.48. The summed E-state index contributed by atoms with van der Waals surface area (Å²) < 4.78 is 11.1. The van der Waals surface area contributed by atoms with Crippen LogP contribution in [0.1, 0.15) is 57.6 Å². The molecule has 0 aromatic heterocycles. The number of para-hydroxylation sites is 2. The predicted octanol–water partition coefficient (Wildman–Crippen LogP) is 5.96. The van der Waals surface area contributed by atoms with Gasteiger partial charge in [-0.1, -0.05) is 26.0 Å². The SMILES string of the molecule is CCCN1c2cc(OC)c(C=Nc3ccccc3OC)cc2C(C)CC1(C)C. The van der Waals surface area contributed by atoms with E-state index in [-0.39, 0.29) is 5.54 Å². The van der Waals surface area contributed by atoms with E-state index in [1.807, 2.05) is 30.5 Å². The number of benzene rings is 2. The third-order valence-electron chi connectivity index (χ3n) is 5.61. The minimum atomic E-state index is 0.139. The number of hydrogen-bond acceptors (Lipinski definition) is 4. The second kappa shape index (κ2) is 8.26. The Bertz CT molecular complexity index is 858. The lowest BCUT2D eigenvalue weighted by molar-refractivity contribution is 0.372. The third kappa shape index (κ3) is 3.87. The van der Waals surface area contributed by atoms with E-state index in [1.165, 1.54) is 11.3 Å². The van der Waals surface area contributed by atoms with Crippen molar-refractivity contribution in [2.24, 2.45) is 4.99 Å². The van der Waals surface area contributed by atoms with E-state index in [0.29, 0.717) is 5.92 Å². The van der Waals surface area contributed by atoms with Gasteiger partial charge in [-0.15, -0.1) is 0 Å². The van der Waals surface area contributed by atoms with Gasteiger partial charge in [0.05, 0.1) is 14.2 Å². The number of ether oxygens (including phenoxy) is 2. The maximum atomic E-state index is 5.74. The first-order chi connectivity index (χ1) is 13.4. The molecule has 0 saturated heterocycles. The predicted molar refractivity (Wildman–Crippen MR) is 118 cm³/mol. The Morgan fingerprint density at radius 1 is 1.14 bits per heavy atom. The summed E-state index contributed by atoms with van der Waals surface area (Å²) in [4.78, 5) is 7.20. The zero-order valence-electron chi connectivity index (χ0n) is 18.0. The van der Waals surface area contributed by atoms with E-state index in [1.54, 1.807) is 14.2 Å². The quantitative estimate of drug-likeness (QED) is 0.580. The van der Waals surface area contributed by atoms with Crippen molar-refractivity contribution in [1.29, 1.82) is 0 Å². The fourth-order valence-corrected chi connectivity index (χ4v) is 4.33. The number of aliphatic imine (C=N–C) groups is 1. The van der Waals surface area contributed by atoms with E-state index >= 15 is 0 Å². The van der Waals surface area contributed by atoms with E-state index in [2.05, 4.69) is 49.7 Å². The molecule has 2 aromatic rings. The summed E-state index contributed by atoms with van der Waals surface area (Å²) in [5.74, 6) is 2.10. The monoisotopic (exact) mass is 380 g/mol. The second-order valence-corrected chi connectivity index (χ2v) is 8.15. The van der Waals surface area contributed by atoms with Crippen molar-refractivity contribution in [3.05, 3.63) is 47.5 Å². The Morgan fingerprint density at radius 2 is 1.86 bits per heavy atom. The smallest absolute Gasteiger partial charge is 0.144 e. The van der Waals surface area contributed by atoms with Crippen LogP contribution in [-0.4, -0.2) is 32.5 Å². The molecule has 28 heavy (non-hydrogen) atoms. The summed E-state index contributed by atoms with van der Waals surface area (Å²) in [6.07, 6.45) is 4.14. The molecule has 0 spiro atoms. The average molecular weight is 381 g/mol. The highest BCUT2D eigenvalue weighted by Crippen LogP contribution is 2.45. The lowest BCUT2D eigenvalue weighted by Gasteiger charge is -2.47. The molecule has 1 aliphatic rings. The van der Waals surface area contributed by atoms with Gasteiger partial charge in [-0.3, -0.25) is 4.99 Å². The van der Waals surface area contributed by atoms with Crippen LogP contribution in [0.3, 0.4) is 0 Å². The van der Waals surface area contributed by atoms with Crippen molar-refractivity contribution in [1.82, 2.24) is 0 Å². The fourth-order valence-electron chi connectivity index (χ4n) is 4.33. The van der Waals surface area contributed by atoms with Crippen molar-refractivity contribution >= 4 is 17.6 Å². The van der Waals surface area contributed by atoms with Gasteiger partial charge in [0.1, 0.15) is 17.2 Å². The molecular weight excluding hydrogens is 348 g/mol. The van der Waals surface area contributed by atoms with Crippen molar-refractivity contribution in [3.63, 3.8) is 0 Å². The minimum absolute atomic E-state index is 0.139. The van der Waals surface area contributed by atoms with Gasteiger partial charge >= 0.3 is 0 Å². The molecule has 0 aliphatic carbocycles. The molecule has 150 valence electrons. The molecule has 1 unspecified atom stereocenters. The molecule has 0 radical (unpaired) electrons. The standard InChI is InChI=1S/C24H32N2O2/c1-7-12-26-21-14-23(28-6)18(13-19(21)17(2)15-24(26,3)4)16-25-20-10-8-9-11-22(20)27-5/h8-11,13-14,16-17H,7,12,15H2,1-6H3. The zero-order chi connectivity index (χ0) is 20.3. The third-order valence-corrected chi connectivity index (χ3v) is 5.61. The highest BCUT2D eigenvalue weighted by Gasteiger charge is 2.36. The molecular formula is C24H32N2O2. The van der Waals surface area contributed by atoms with Gasteiger partial charge in [0, 0.05) is 35.6 Å². The molecule has 4 heteroatoms. The maximum Gasteiger partial charge on any atom is 0.144 e. The van der Waals surface area contributed by atoms with E-state index in [4.69, 9.17) is 9.47 Å². The summed E-state index contributed by atoms with van der Waals surface area (Å²) in [7, 11) is 3.39. The Kier molecular flexibility index (Phi) is 5.97. The second-order valence-electron chi connectivity index (χ2n) is 8.15. The number of methoxy groups -OCH3 is 2. The molecule has 1 aliphatic heterocycles. The van der Waals surface area contributed by atoms with Crippen LogP contribution in [0.25, 0.3) is 0 Å². The summed E-state index contributed by atoms with van der Waals surface area (Å²) >= 11 is 0. The molecule has 0 N–H and O–H groups in total. The summed E-state index contributed by atoms with van der Waals surface area (Å²) in [6, 6.07) is 12.2. The number of hydrogen-bond donors (Lipinski definition) is 0. The Labute approximate surface area is 169 Å². The summed E-state index contributed by atoms with van der Waals surface area (Å²) in [6.45, 7) is 10.3. The zero-order valence-corrected chi connectivity index (χ0v) is 18.0. The van der Waals surface area contributed by atoms with Crippen molar-refractivity contribution in [3.8, 4) is 11.5 Å². The van der Waals surface area contributed by atoms with Crippen molar-refractivity contribution in [2.45, 2.75) is 52.0 Å². The van der Waals surface area contributed by atoms with Gasteiger partial charge in [-0.25, -0.2) is 0 Å². The fraction of sp³-hybridized carbons (Fsp3) is 0.458. The number of rotatable bonds is 6. The topological polar surface area (TPSA) is 34.1 Å². The first kappa shape index (κ1) is 20.2. The van der Waals surface area contributed by atoms with Crippen molar-refractivity contribution < 1.29 is 9.47 Å². The van der Waals surface area contributed by atoms with Crippen LogP contribution in [0.2, 0.25) is 0 Å². The Morgan fingerprint density at radius 3 is 2.54 bits per heavy atom. The molecule has 2 aromatic carbocycles. The molecule has 1 atom stereocenters. The number of nitrogens with zero attached hydrogens (tertiary/aromatic N) is 2.